The van der Waals surface area contributed by atoms with Gasteiger partial charge in [0.25, 0.3) is 5.01 Å². The molecule has 2 heterocycles. The Morgan fingerprint density at radius 2 is 1.78 bits per heavy atom. The summed E-state index contributed by atoms with van der Waals surface area (Å²) in [5, 5.41) is 4.04. The third kappa shape index (κ3) is 4.39. The number of aromatic nitrogens is 1. The van der Waals surface area contributed by atoms with Gasteiger partial charge >= 0.3 is 0 Å². The van der Waals surface area contributed by atoms with Crippen molar-refractivity contribution in [3.63, 3.8) is 0 Å². The molecule has 0 bridgehead atoms. The van der Waals surface area contributed by atoms with Gasteiger partial charge in [-0.3, -0.25) is 0 Å². The standard InChI is InChI=1S/C33H39N2S/c1-6-8-21-34-28-20-18-25-13-10-11-14-26(25)32(28)33(4,5)30(34)15-12-16-31-35(22-9-7-2)27-19-17-24(3)23-29(27)36-31/h10-20,23H,6-9,21-22H2,1-5H3/q+1. The van der Waals surface area contributed by atoms with Gasteiger partial charge < -0.3 is 4.90 Å². The molecule has 0 aliphatic carbocycles. The van der Waals surface area contributed by atoms with Gasteiger partial charge in [-0.1, -0.05) is 94.3 Å². The van der Waals surface area contributed by atoms with E-state index in [0.29, 0.717) is 0 Å². The minimum absolute atomic E-state index is 0.0518. The van der Waals surface area contributed by atoms with Crippen molar-refractivity contribution in [1.29, 1.82) is 0 Å². The topological polar surface area (TPSA) is 7.12 Å². The van der Waals surface area contributed by atoms with E-state index in [2.05, 4.69) is 117 Å². The fourth-order valence-corrected chi connectivity index (χ4v) is 6.90. The number of aryl methyl sites for hydroxylation is 2. The van der Waals surface area contributed by atoms with Crippen LogP contribution in [0.1, 0.15) is 69.5 Å². The highest BCUT2D eigenvalue weighted by molar-refractivity contribution is 7.18. The van der Waals surface area contributed by atoms with E-state index in [1.807, 2.05) is 11.3 Å². The predicted molar refractivity (Wildman–Crippen MR) is 158 cm³/mol. The van der Waals surface area contributed by atoms with Crippen LogP contribution in [-0.4, -0.2) is 6.54 Å². The Labute approximate surface area is 220 Å². The van der Waals surface area contributed by atoms with Crippen molar-refractivity contribution in [2.45, 2.75) is 72.3 Å². The van der Waals surface area contributed by atoms with Gasteiger partial charge in [0.15, 0.2) is 6.54 Å². The summed E-state index contributed by atoms with van der Waals surface area (Å²) in [6.07, 6.45) is 11.8. The molecule has 0 unspecified atom stereocenters. The molecule has 3 heteroatoms. The van der Waals surface area contributed by atoms with Crippen LogP contribution < -0.4 is 9.47 Å². The third-order valence-electron chi connectivity index (χ3n) is 7.60. The maximum atomic E-state index is 2.58. The molecule has 186 valence electrons. The maximum absolute atomic E-state index is 2.58. The fourth-order valence-electron chi connectivity index (χ4n) is 5.70. The molecule has 0 N–H and O–H groups in total. The first kappa shape index (κ1) is 24.8. The molecule has 4 aromatic rings. The Bertz CT molecular complexity index is 1450. The molecule has 1 aliphatic rings. The second-order valence-corrected chi connectivity index (χ2v) is 11.7. The number of fused-ring (bicyclic) bond motifs is 4. The molecule has 1 aromatic heterocycles. The van der Waals surface area contributed by atoms with E-state index < -0.39 is 0 Å². The lowest BCUT2D eigenvalue weighted by atomic mass is 9.81. The number of benzene rings is 3. The Hall–Kier alpha value is -2.91. The summed E-state index contributed by atoms with van der Waals surface area (Å²) >= 11 is 1.91. The van der Waals surface area contributed by atoms with Gasteiger partial charge in [-0.15, -0.1) is 0 Å². The predicted octanol–water partition coefficient (Wildman–Crippen LogP) is 8.95. The van der Waals surface area contributed by atoms with Gasteiger partial charge in [0, 0.05) is 41.9 Å². The fraction of sp³-hybridized carbons (Fsp3) is 0.364. The van der Waals surface area contributed by atoms with E-state index in [-0.39, 0.29) is 5.41 Å². The Morgan fingerprint density at radius 1 is 0.972 bits per heavy atom. The molecular formula is C33H39N2S+. The van der Waals surface area contributed by atoms with Crippen LogP contribution in [-0.2, 0) is 12.0 Å². The first-order valence-electron chi connectivity index (χ1n) is 13.6. The lowest BCUT2D eigenvalue weighted by Crippen LogP contribution is -2.34. The molecule has 0 spiro atoms. The smallest absolute Gasteiger partial charge is 0.262 e. The summed E-state index contributed by atoms with van der Waals surface area (Å²) in [4.78, 5) is 2.58. The maximum Gasteiger partial charge on any atom is 0.262 e. The van der Waals surface area contributed by atoms with Crippen molar-refractivity contribution in [2.24, 2.45) is 0 Å². The Morgan fingerprint density at radius 3 is 2.58 bits per heavy atom. The van der Waals surface area contributed by atoms with Crippen molar-refractivity contribution < 1.29 is 4.57 Å². The highest BCUT2D eigenvalue weighted by atomic mass is 32.1. The van der Waals surface area contributed by atoms with Gasteiger partial charge in [0.2, 0.25) is 5.52 Å². The van der Waals surface area contributed by atoms with Gasteiger partial charge in [-0.05, 0) is 53.5 Å². The van der Waals surface area contributed by atoms with Crippen molar-refractivity contribution in [3.05, 3.63) is 88.6 Å². The van der Waals surface area contributed by atoms with Crippen LogP contribution in [0.15, 0.2) is 72.4 Å². The monoisotopic (exact) mass is 495 g/mol. The lowest BCUT2D eigenvalue weighted by molar-refractivity contribution is -0.669. The zero-order valence-electron chi connectivity index (χ0n) is 22.5. The number of rotatable bonds is 8. The van der Waals surface area contributed by atoms with Crippen LogP contribution in [0.2, 0.25) is 0 Å². The molecule has 3 aromatic carbocycles. The summed E-state index contributed by atoms with van der Waals surface area (Å²) in [5.41, 5.74) is 6.87. The van der Waals surface area contributed by atoms with Crippen LogP contribution in [0.5, 0.6) is 0 Å². The second kappa shape index (κ2) is 10.2. The molecule has 0 saturated heterocycles. The Balaban J connectivity index is 1.57. The third-order valence-corrected chi connectivity index (χ3v) is 8.72. The molecule has 1 aliphatic heterocycles. The van der Waals surface area contributed by atoms with Crippen LogP contribution >= 0.6 is 11.3 Å². The van der Waals surface area contributed by atoms with Crippen LogP contribution in [0.3, 0.4) is 0 Å². The molecule has 5 rings (SSSR count). The zero-order chi connectivity index (χ0) is 25.3. The normalized spacial score (nSPS) is 16.1. The quantitative estimate of drug-likeness (QED) is 0.221. The van der Waals surface area contributed by atoms with Crippen molar-refractivity contribution in [1.82, 2.24) is 0 Å². The molecule has 0 fully saturated rings. The van der Waals surface area contributed by atoms with Crippen LogP contribution in [0.4, 0.5) is 5.69 Å². The van der Waals surface area contributed by atoms with E-state index in [0.717, 1.165) is 13.1 Å². The van der Waals surface area contributed by atoms with Gasteiger partial charge in [-0.25, -0.2) is 0 Å². The summed E-state index contributed by atoms with van der Waals surface area (Å²) in [5.74, 6) is 0. The number of hydrogen-bond donors (Lipinski definition) is 0. The Kier molecular flexibility index (Phi) is 7.03. The molecule has 36 heavy (non-hydrogen) atoms. The van der Waals surface area contributed by atoms with Crippen LogP contribution in [0.25, 0.3) is 27.1 Å². The van der Waals surface area contributed by atoms with E-state index in [4.69, 9.17) is 0 Å². The highest BCUT2D eigenvalue weighted by Gasteiger charge is 2.40. The molecule has 0 saturated carbocycles. The van der Waals surface area contributed by atoms with Crippen LogP contribution in [0, 0.1) is 6.92 Å². The summed E-state index contributed by atoms with van der Waals surface area (Å²) in [7, 11) is 0. The highest BCUT2D eigenvalue weighted by Crippen LogP contribution is 2.50. The van der Waals surface area contributed by atoms with Crippen molar-refractivity contribution >= 4 is 44.1 Å². The van der Waals surface area contributed by atoms with Crippen molar-refractivity contribution in [2.75, 3.05) is 11.4 Å². The SMILES string of the molecule is CCCCN1C(=CC=Cc2sc3cc(C)ccc3[n+]2CCCC)C(C)(C)c2c1ccc1ccccc21. The first-order valence-corrected chi connectivity index (χ1v) is 14.4. The number of anilines is 1. The number of allylic oxidation sites excluding steroid dienone is 3. The van der Waals surface area contributed by atoms with E-state index in [9.17, 15) is 0 Å². The number of unbranched alkanes of at least 4 members (excludes halogenated alkanes) is 2. The zero-order valence-corrected chi connectivity index (χ0v) is 23.3. The second-order valence-electron chi connectivity index (χ2n) is 10.6. The van der Waals surface area contributed by atoms with Gasteiger partial charge in [0.05, 0.1) is 0 Å². The lowest BCUT2D eigenvalue weighted by Gasteiger charge is -2.27. The molecule has 0 amide bonds. The average molecular weight is 496 g/mol. The first-order chi connectivity index (χ1) is 17.5. The molecular weight excluding hydrogens is 456 g/mol. The number of thiazole rings is 1. The molecule has 0 radical (unpaired) electrons. The number of nitrogens with zero attached hydrogens (tertiary/aromatic N) is 2. The minimum atomic E-state index is -0.0518. The van der Waals surface area contributed by atoms with E-state index in [1.54, 1.807) is 0 Å². The molecule has 2 nitrogen and oxygen atoms in total. The average Bonchev–Trinajstić information content (AvgIpc) is 3.32. The number of hydrogen-bond acceptors (Lipinski definition) is 2. The van der Waals surface area contributed by atoms with E-state index in [1.165, 1.54) is 74.2 Å². The van der Waals surface area contributed by atoms with Gasteiger partial charge in [0.1, 0.15) is 4.70 Å². The summed E-state index contributed by atoms with van der Waals surface area (Å²) in [6, 6.07) is 20.3. The summed E-state index contributed by atoms with van der Waals surface area (Å²) < 4.78 is 3.89. The summed E-state index contributed by atoms with van der Waals surface area (Å²) in [6.45, 7) is 13.7. The van der Waals surface area contributed by atoms with Gasteiger partial charge in [-0.2, -0.15) is 4.57 Å². The molecule has 0 atom stereocenters. The van der Waals surface area contributed by atoms with E-state index >= 15 is 0 Å². The van der Waals surface area contributed by atoms with Crippen molar-refractivity contribution in [3.8, 4) is 0 Å². The largest absolute Gasteiger partial charge is 0.344 e. The minimum Gasteiger partial charge on any atom is -0.344 e.